The molecule has 0 radical (unpaired) electrons. The Bertz CT molecular complexity index is 585. The smallest absolute Gasteiger partial charge is 0.231 e. The second-order valence-corrected chi connectivity index (χ2v) is 6.02. The Morgan fingerprint density at radius 2 is 2.15 bits per heavy atom. The molecule has 0 saturated carbocycles. The second kappa shape index (κ2) is 5.44. The molecule has 1 aliphatic rings. The number of benzene rings is 1. The minimum absolute atomic E-state index is 0.0119. The van der Waals surface area contributed by atoms with Gasteiger partial charge in [0.05, 0.1) is 12.1 Å². The molecule has 1 aromatic carbocycles. The zero-order chi connectivity index (χ0) is 14.0. The molecule has 0 aliphatic carbocycles. The Labute approximate surface area is 122 Å². The molecule has 106 valence electrons. The number of aliphatic hydroxyl groups is 1. The van der Waals surface area contributed by atoms with E-state index in [9.17, 15) is 5.11 Å². The first-order valence-corrected chi connectivity index (χ1v) is 7.38. The normalized spacial score (nSPS) is 16.1. The second-order valence-electron chi connectivity index (χ2n) is 4.99. The van der Waals surface area contributed by atoms with Crippen molar-refractivity contribution < 1.29 is 14.6 Å². The van der Waals surface area contributed by atoms with Crippen LogP contribution >= 0.6 is 11.3 Å². The van der Waals surface area contributed by atoms with Gasteiger partial charge >= 0.3 is 0 Å². The molecule has 2 aromatic rings. The number of aliphatic hydroxyl groups excluding tert-OH is 1. The molecule has 4 nitrogen and oxygen atoms in total. The fraction of sp³-hybridized carbons (Fsp3) is 0.333. The molecule has 20 heavy (non-hydrogen) atoms. The van der Waals surface area contributed by atoms with Crippen LogP contribution < -0.4 is 14.8 Å². The molecule has 2 N–H and O–H groups in total. The van der Waals surface area contributed by atoms with Crippen molar-refractivity contribution in [1.82, 2.24) is 5.32 Å². The minimum Gasteiger partial charge on any atom is -0.454 e. The largest absolute Gasteiger partial charge is 0.454 e. The van der Waals surface area contributed by atoms with Gasteiger partial charge in [-0.05, 0) is 36.1 Å². The zero-order valence-corrected chi connectivity index (χ0v) is 12.1. The van der Waals surface area contributed by atoms with Crippen molar-refractivity contribution in [2.24, 2.45) is 0 Å². The van der Waals surface area contributed by atoms with Gasteiger partial charge in [-0.2, -0.15) is 0 Å². The van der Waals surface area contributed by atoms with Gasteiger partial charge in [0.1, 0.15) is 0 Å². The number of rotatable bonds is 5. The average molecular weight is 291 g/mol. The lowest BCUT2D eigenvalue weighted by molar-refractivity contribution is 0.170. The van der Waals surface area contributed by atoms with Crippen molar-refractivity contribution >= 4 is 11.3 Å². The summed E-state index contributed by atoms with van der Waals surface area (Å²) in [6, 6.07) is 9.89. The molecule has 0 spiro atoms. The molecule has 2 heterocycles. The third kappa shape index (κ3) is 2.52. The fourth-order valence-electron chi connectivity index (χ4n) is 2.18. The molecule has 0 bridgehead atoms. The summed E-state index contributed by atoms with van der Waals surface area (Å²) < 4.78 is 10.7. The van der Waals surface area contributed by atoms with Crippen LogP contribution in [0.15, 0.2) is 35.7 Å². The maximum atomic E-state index is 9.78. The topological polar surface area (TPSA) is 50.7 Å². The van der Waals surface area contributed by atoms with Crippen molar-refractivity contribution in [3.63, 3.8) is 0 Å². The molecule has 1 aromatic heterocycles. The van der Waals surface area contributed by atoms with E-state index in [1.54, 1.807) is 11.3 Å². The van der Waals surface area contributed by atoms with Crippen LogP contribution in [0.1, 0.15) is 17.4 Å². The number of nitrogens with one attached hydrogen (secondary N) is 1. The summed E-state index contributed by atoms with van der Waals surface area (Å²) in [5.41, 5.74) is 0.478. The van der Waals surface area contributed by atoms with Crippen LogP contribution in [0.2, 0.25) is 0 Å². The van der Waals surface area contributed by atoms with Crippen LogP contribution in [0.3, 0.4) is 0 Å². The Balaban J connectivity index is 1.80. The van der Waals surface area contributed by atoms with E-state index in [4.69, 9.17) is 9.47 Å². The monoisotopic (exact) mass is 291 g/mol. The molecule has 1 atom stereocenters. The lowest BCUT2D eigenvalue weighted by Gasteiger charge is -2.29. The van der Waals surface area contributed by atoms with Crippen LogP contribution in [0.5, 0.6) is 11.5 Å². The molecule has 5 heteroatoms. The Morgan fingerprint density at radius 1 is 1.30 bits per heavy atom. The summed E-state index contributed by atoms with van der Waals surface area (Å²) in [5, 5.41) is 15.3. The van der Waals surface area contributed by atoms with Gasteiger partial charge in [0.2, 0.25) is 6.79 Å². The summed E-state index contributed by atoms with van der Waals surface area (Å²) in [6.45, 7) is 2.98. The van der Waals surface area contributed by atoms with Crippen LogP contribution in [0, 0.1) is 0 Å². The quantitative estimate of drug-likeness (QED) is 0.888. The highest BCUT2D eigenvalue weighted by molar-refractivity contribution is 7.09. The Kier molecular flexibility index (Phi) is 3.65. The molecule has 0 saturated heterocycles. The van der Waals surface area contributed by atoms with E-state index in [-0.39, 0.29) is 13.4 Å². The third-order valence-electron chi connectivity index (χ3n) is 3.56. The highest BCUT2D eigenvalue weighted by atomic mass is 32.1. The zero-order valence-electron chi connectivity index (χ0n) is 11.3. The number of fused-ring (bicyclic) bond motifs is 1. The molecule has 3 rings (SSSR count). The minimum atomic E-state index is -0.509. The van der Waals surface area contributed by atoms with Crippen LogP contribution in [0.25, 0.3) is 0 Å². The highest BCUT2D eigenvalue weighted by Gasteiger charge is 2.27. The van der Waals surface area contributed by atoms with Crippen LogP contribution in [-0.4, -0.2) is 18.5 Å². The number of hydrogen-bond acceptors (Lipinski definition) is 5. The Morgan fingerprint density at radius 3 is 2.90 bits per heavy atom. The first-order valence-electron chi connectivity index (χ1n) is 6.50. The first kappa shape index (κ1) is 13.4. The molecule has 1 unspecified atom stereocenters. The van der Waals surface area contributed by atoms with E-state index >= 15 is 0 Å². The number of thiophene rings is 1. The van der Waals surface area contributed by atoms with Gasteiger partial charge in [-0.25, -0.2) is 0 Å². The SMILES string of the molecule is CC(CO)(NCc1cccs1)c1ccc2c(c1)OCO2. The van der Waals surface area contributed by atoms with Crippen molar-refractivity contribution in [3.05, 3.63) is 46.2 Å². The molecule has 1 aliphatic heterocycles. The molecule has 0 amide bonds. The van der Waals surface area contributed by atoms with Gasteiger partial charge in [0.15, 0.2) is 11.5 Å². The molecular weight excluding hydrogens is 274 g/mol. The van der Waals surface area contributed by atoms with E-state index < -0.39 is 5.54 Å². The van der Waals surface area contributed by atoms with E-state index in [0.717, 1.165) is 23.6 Å². The summed E-state index contributed by atoms with van der Waals surface area (Å²) in [6.07, 6.45) is 0. The van der Waals surface area contributed by atoms with Gasteiger partial charge in [-0.3, -0.25) is 0 Å². The Hall–Kier alpha value is -1.56. The van der Waals surface area contributed by atoms with Gasteiger partial charge in [-0.15, -0.1) is 11.3 Å². The maximum Gasteiger partial charge on any atom is 0.231 e. The lowest BCUT2D eigenvalue weighted by Crippen LogP contribution is -2.42. The van der Waals surface area contributed by atoms with E-state index in [0.29, 0.717) is 0 Å². The summed E-state index contributed by atoms with van der Waals surface area (Å²) in [5.74, 6) is 1.49. The van der Waals surface area contributed by atoms with Crippen LogP contribution in [0.4, 0.5) is 0 Å². The van der Waals surface area contributed by atoms with E-state index in [1.165, 1.54) is 4.88 Å². The fourth-order valence-corrected chi connectivity index (χ4v) is 2.83. The summed E-state index contributed by atoms with van der Waals surface area (Å²) in [4.78, 5) is 1.24. The third-order valence-corrected chi connectivity index (χ3v) is 4.44. The predicted molar refractivity (Wildman–Crippen MR) is 78.2 cm³/mol. The van der Waals surface area contributed by atoms with Crippen LogP contribution in [-0.2, 0) is 12.1 Å². The number of ether oxygens (including phenoxy) is 2. The van der Waals surface area contributed by atoms with Gasteiger partial charge in [0, 0.05) is 11.4 Å². The standard InChI is InChI=1S/C15H17NO3S/c1-15(9-17,16-8-12-3-2-6-20-12)11-4-5-13-14(7-11)19-10-18-13/h2-7,16-17H,8-10H2,1H3. The highest BCUT2D eigenvalue weighted by Crippen LogP contribution is 2.35. The average Bonchev–Trinajstić information content (AvgIpc) is 3.14. The maximum absolute atomic E-state index is 9.78. The molecular formula is C15H17NO3S. The lowest BCUT2D eigenvalue weighted by atomic mass is 9.92. The van der Waals surface area contributed by atoms with Gasteiger partial charge < -0.3 is 19.9 Å². The molecule has 0 fully saturated rings. The van der Waals surface area contributed by atoms with Gasteiger partial charge in [-0.1, -0.05) is 12.1 Å². The van der Waals surface area contributed by atoms with E-state index in [1.807, 2.05) is 36.6 Å². The summed E-state index contributed by atoms with van der Waals surface area (Å²) >= 11 is 1.70. The van der Waals surface area contributed by atoms with Gasteiger partial charge in [0.25, 0.3) is 0 Å². The van der Waals surface area contributed by atoms with Crippen molar-refractivity contribution in [2.75, 3.05) is 13.4 Å². The van der Waals surface area contributed by atoms with Crippen molar-refractivity contribution in [3.8, 4) is 11.5 Å². The summed E-state index contributed by atoms with van der Waals surface area (Å²) in [7, 11) is 0. The van der Waals surface area contributed by atoms with Crippen molar-refractivity contribution in [1.29, 1.82) is 0 Å². The predicted octanol–water partition coefficient (Wildman–Crippen LogP) is 2.47. The number of hydrogen-bond donors (Lipinski definition) is 2. The van der Waals surface area contributed by atoms with E-state index in [2.05, 4.69) is 11.4 Å². The first-order chi connectivity index (χ1) is 9.71. The van der Waals surface area contributed by atoms with Crippen molar-refractivity contribution in [2.45, 2.75) is 19.0 Å².